The van der Waals surface area contributed by atoms with E-state index in [0.717, 1.165) is 0 Å². The van der Waals surface area contributed by atoms with E-state index in [1.54, 1.807) is 136 Å². The number of ether oxygens (including phenoxy) is 2. The third-order valence-corrected chi connectivity index (χ3v) is 6.84. The van der Waals surface area contributed by atoms with Crippen LogP contribution in [-0.4, -0.2) is 50.9 Å². The summed E-state index contributed by atoms with van der Waals surface area (Å²) in [5.41, 5.74) is 2.29. The first kappa shape index (κ1) is 33.7. The lowest BCUT2D eigenvalue weighted by Gasteiger charge is -2.13. The summed E-state index contributed by atoms with van der Waals surface area (Å²) >= 11 is 0. The van der Waals surface area contributed by atoms with Crippen molar-refractivity contribution in [1.82, 2.24) is 21.3 Å². The van der Waals surface area contributed by atoms with Gasteiger partial charge in [-0.25, -0.2) is 0 Å². The average molecular weight is 633 g/mol. The Labute approximate surface area is 273 Å². The number of rotatable bonds is 14. The van der Waals surface area contributed by atoms with Crippen molar-refractivity contribution in [2.45, 2.75) is 6.42 Å². The smallest absolute Gasteiger partial charge is 0.267 e. The molecule has 0 aliphatic heterocycles. The van der Waals surface area contributed by atoms with Gasteiger partial charge in [0.25, 0.3) is 23.6 Å². The molecule has 0 heterocycles. The minimum Gasteiger partial charge on any atom is -0.497 e. The zero-order valence-corrected chi connectivity index (χ0v) is 26.1. The van der Waals surface area contributed by atoms with E-state index in [2.05, 4.69) is 21.3 Å². The number of benzene rings is 4. The van der Waals surface area contributed by atoms with E-state index in [-0.39, 0.29) is 24.5 Å². The predicted octanol–water partition coefficient (Wildman–Crippen LogP) is 4.57. The maximum atomic E-state index is 13.2. The summed E-state index contributed by atoms with van der Waals surface area (Å²) in [5.74, 6) is -0.531. The van der Waals surface area contributed by atoms with Crippen LogP contribution in [0.4, 0.5) is 0 Å². The molecule has 0 aliphatic carbocycles. The number of carbonyl (C=O) groups is 4. The van der Waals surface area contributed by atoms with Crippen molar-refractivity contribution >= 4 is 35.8 Å². The molecule has 10 heteroatoms. The normalized spacial score (nSPS) is 11.2. The highest BCUT2D eigenvalue weighted by Gasteiger charge is 2.16. The van der Waals surface area contributed by atoms with Crippen LogP contribution in [0.1, 0.15) is 38.3 Å². The number of hydrogen-bond acceptors (Lipinski definition) is 6. The summed E-state index contributed by atoms with van der Waals surface area (Å²) in [6.07, 6.45) is 3.52. The molecule has 0 saturated heterocycles. The van der Waals surface area contributed by atoms with Crippen LogP contribution in [0, 0.1) is 0 Å². The Morgan fingerprint density at radius 3 is 1.23 bits per heavy atom. The van der Waals surface area contributed by atoms with Gasteiger partial charge in [-0.05, 0) is 78.2 Å². The summed E-state index contributed by atoms with van der Waals surface area (Å²) in [6.45, 7) is 0.405. The monoisotopic (exact) mass is 632 g/mol. The predicted molar refractivity (Wildman–Crippen MR) is 180 cm³/mol. The lowest BCUT2D eigenvalue weighted by Crippen LogP contribution is -2.38. The van der Waals surface area contributed by atoms with E-state index in [1.807, 2.05) is 0 Å². The third kappa shape index (κ3) is 10.5. The van der Waals surface area contributed by atoms with Gasteiger partial charge < -0.3 is 30.7 Å². The number of carbonyl (C=O) groups excluding carboxylic acids is 4. The van der Waals surface area contributed by atoms with Crippen molar-refractivity contribution < 1.29 is 28.7 Å². The lowest BCUT2D eigenvalue weighted by molar-refractivity contribution is -0.118. The molecular formula is C37H36N4O6. The van der Waals surface area contributed by atoms with Crippen LogP contribution in [0.25, 0.3) is 12.2 Å². The standard InChI is InChI=1S/C37H36N4O6/c1-46-30-18-14-26(15-19-30)24-32(40-34(42)28-10-5-3-6-11-28)36(44)38-22-9-23-39-37(45)33(25-27-16-20-31(47-2)21-17-27)41-35(43)29-12-7-4-8-13-29/h3-8,10-21,24-25H,9,22-23H2,1-2H3,(H,38,44)(H,39,45)(H,40,42)(H,41,43)/b32-24+,33-25+. The van der Waals surface area contributed by atoms with E-state index in [0.29, 0.717) is 40.2 Å². The maximum Gasteiger partial charge on any atom is 0.267 e. The van der Waals surface area contributed by atoms with Crippen LogP contribution in [0.5, 0.6) is 11.5 Å². The van der Waals surface area contributed by atoms with E-state index in [4.69, 9.17) is 9.47 Å². The minimum absolute atomic E-state index is 0.0568. The van der Waals surface area contributed by atoms with Crippen molar-refractivity contribution in [1.29, 1.82) is 0 Å². The average Bonchev–Trinajstić information content (AvgIpc) is 3.12. The van der Waals surface area contributed by atoms with Crippen LogP contribution in [0.3, 0.4) is 0 Å². The molecule has 4 rings (SSSR count). The van der Waals surface area contributed by atoms with Gasteiger partial charge in [0.15, 0.2) is 0 Å². The number of methoxy groups -OCH3 is 2. The summed E-state index contributed by atoms with van der Waals surface area (Å²) in [5, 5.41) is 11.0. The molecular weight excluding hydrogens is 596 g/mol. The van der Waals surface area contributed by atoms with E-state index >= 15 is 0 Å². The molecule has 0 bridgehead atoms. The molecule has 0 aromatic heterocycles. The van der Waals surface area contributed by atoms with E-state index in [9.17, 15) is 19.2 Å². The van der Waals surface area contributed by atoms with E-state index < -0.39 is 23.6 Å². The molecule has 4 N–H and O–H groups in total. The molecule has 47 heavy (non-hydrogen) atoms. The number of hydrogen-bond donors (Lipinski definition) is 4. The summed E-state index contributed by atoms with van der Waals surface area (Å²) in [7, 11) is 3.12. The van der Waals surface area contributed by atoms with Crippen LogP contribution >= 0.6 is 0 Å². The summed E-state index contributed by atoms with van der Waals surface area (Å²) in [4.78, 5) is 52.1. The first-order chi connectivity index (χ1) is 22.9. The number of amides is 4. The Morgan fingerprint density at radius 1 is 0.532 bits per heavy atom. The molecule has 240 valence electrons. The topological polar surface area (TPSA) is 135 Å². The Balaban J connectivity index is 1.38. The zero-order chi connectivity index (χ0) is 33.4. The Bertz CT molecular complexity index is 1590. The first-order valence-electron chi connectivity index (χ1n) is 14.9. The van der Waals surface area contributed by atoms with Crippen molar-refractivity contribution in [3.8, 4) is 11.5 Å². The zero-order valence-electron chi connectivity index (χ0n) is 26.1. The Hall–Kier alpha value is -6.16. The highest BCUT2D eigenvalue weighted by Crippen LogP contribution is 2.15. The molecule has 4 aromatic rings. The fourth-order valence-electron chi connectivity index (χ4n) is 4.30. The fraction of sp³-hybridized carbons (Fsp3) is 0.135. The fourth-order valence-corrected chi connectivity index (χ4v) is 4.30. The molecule has 4 aromatic carbocycles. The van der Waals surface area contributed by atoms with Gasteiger partial charge in [0.1, 0.15) is 22.9 Å². The van der Waals surface area contributed by atoms with Crippen LogP contribution < -0.4 is 30.7 Å². The van der Waals surface area contributed by atoms with Crippen LogP contribution in [0.2, 0.25) is 0 Å². The van der Waals surface area contributed by atoms with Gasteiger partial charge in [0.05, 0.1) is 14.2 Å². The molecule has 0 unspecified atom stereocenters. The van der Waals surface area contributed by atoms with Gasteiger partial charge >= 0.3 is 0 Å². The summed E-state index contributed by atoms with van der Waals surface area (Å²) in [6, 6.07) is 31.2. The largest absolute Gasteiger partial charge is 0.497 e. The SMILES string of the molecule is COc1ccc(/C=C(/NC(=O)c2ccccc2)C(=O)NCCCNC(=O)/C(=C\c2ccc(OC)cc2)NC(=O)c2ccccc2)cc1. The Kier molecular flexibility index (Phi) is 12.5. The van der Waals surface area contributed by atoms with Gasteiger partial charge in [-0.2, -0.15) is 0 Å². The van der Waals surface area contributed by atoms with E-state index in [1.165, 1.54) is 0 Å². The molecule has 0 saturated carbocycles. The van der Waals surface area contributed by atoms with Crippen LogP contribution in [-0.2, 0) is 9.59 Å². The highest BCUT2D eigenvalue weighted by molar-refractivity contribution is 6.06. The van der Waals surface area contributed by atoms with Gasteiger partial charge in [0, 0.05) is 24.2 Å². The molecule has 0 fully saturated rings. The van der Waals surface area contributed by atoms with Gasteiger partial charge in [-0.15, -0.1) is 0 Å². The number of nitrogens with one attached hydrogen (secondary N) is 4. The van der Waals surface area contributed by atoms with Crippen molar-refractivity contribution in [3.05, 3.63) is 143 Å². The highest BCUT2D eigenvalue weighted by atomic mass is 16.5. The second kappa shape index (κ2) is 17.4. The quantitative estimate of drug-likeness (QED) is 0.119. The minimum atomic E-state index is -0.494. The van der Waals surface area contributed by atoms with Crippen LogP contribution in [0.15, 0.2) is 121 Å². The maximum absolute atomic E-state index is 13.2. The van der Waals surface area contributed by atoms with Crippen molar-refractivity contribution in [2.75, 3.05) is 27.3 Å². The summed E-state index contributed by atoms with van der Waals surface area (Å²) < 4.78 is 10.4. The molecule has 10 nitrogen and oxygen atoms in total. The second-order valence-corrected chi connectivity index (χ2v) is 10.2. The van der Waals surface area contributed by atoms with Crippen molar-refractivity contribution in [2.24, 2.45) is 0 Å². The van der Waals surface area contributed by atoms with Crippen molar-refractivity contribution in [3.63, 3.8) is 0 Å². The van der Waals surface area contributed by atoms with Gasteiger partial charge in [0.2, 0.25) is 0 Å². The molecule has 0 aliphatic rings. The third-order valence-electron chi connectivity index (χ3n) is 6.84. The molecule has 0 spiro atoms. The lowest BCUT2D eigenvalue weighted by atomic mass is 10.1. The van der Waals surface area contributed by atoms with Gasteiger partial charge in [-0.1, -0.05) is 60.7 Å². The second-order valence-electron chi connectivity index (χ2n) is 10.2. The molecule has 4 amide bonds. The molecule has 0 radical (unpaired) electrons. The van der Waals surface area contributed by atoms with Gasteiger partial charge in [-0.3, -0.25) is 19.2 Å². The molecule has 0 atom stereocenters. The first-order valence-corrected chi connectivity index (χ1v) is 14.9. The Morgan fingerprint density at radius 2 is 0.894 bits per heavy atom.